The zero-order valence-electron chi connectivity index (χ0n) is 17.5. The molecule has 1 aromatic carbocycles. The summed E-state index contributed by atoms with van der Waals surface area (Å²) in [6.07, 6.45) is -13.2. The number of benzene rings is 1. The summed E-state index contributed by atoms with van der Waals surface area (Å²) in [4.78, 5) is 0. The van der Waals surface area contributed by atoms with E-state index in [2.05, 4.69) is 0 Å². The third-order valence-electron chi connectivity index (χ3n) is 5.70. The van der Waals surface area contributed by atoms with Gasteiger partial charge >= 0.3 is 0 Å². The second-order valence-electron chi connectivity index (χ2n) is 7.96. The molecule has 0 aromatic heterocycles. The van der Waals surface area contributed by atoms with Crippen LogP contribution in [0.4, 0.5) is 0 Å². The van der Waals surface area contributed by atoms with Gasteiger partial charge in [-0.15, -0.1) is 0 Å². The number of hydrogen-bond donors (Lipinski definition) is 7. The van der Waals surface area contributed by atoms with Gasteiger partial charge in [0, 0.05) is 0 Å². The lowest BCUT2D eigenvalue weighted by molar-refractivity contribution is -0.360. The van der Waals surface area contributed by atoms with Crippen molar-refractivity contribution in [3.63, 3.8) is 0 Å². The van der Waals surface area contributed by atoms with E-state index in [1.54, 1.807) is 0 Å². The molecule has 10 atom stereocenters. The predicted octanol–water partition coefficient (Wildman–Crippen LogP) is -2.74. The molecule has 2 heterocycles. The molecule has 11 heteroatoms. The summed E-state index contributed by atoms with van der Waals surface area (Å²) in [5, 5.41) is 70.0. The molecule has 0 unspecified atom stereocenters. The second-order valence-corrected chi connectivity index (χ2v) is 7.96. The van der Waals surface area contributed by atoms with Crippen LogP contribution in [-0.2, 0) is 25.4 Å². The minimum absolute atomic E-state index is 0.220. The van der Waals surface area contributed by atoms with Crippen molar-refractivity contribution in [2.45, 2.75) is 74.3 Å². The minimum atomic E-state index is -1.71. The molecule has 32 heavy (non-hydrogen) atoms. The molecule has 3 rings (SSSR count). The number of aliphatic hydroxyl groups is 7. The first-order valence-electron chi connectivity index (χ1n) is 10.6. The first-order chi connectivity index (χ1) is 15.4. The fourth-order valence-corrected chi connectivity index (χ4v) is 3.81. The Kier molecular flexibility index (Phi) is 9.34. The van der Waals surface area contributed by atoms with Crippen molar-refractivity contribution in [2.24, 2.45) is 0 Å². The number of hydrogen-bond acceptors (Lipinski definition) is 11. The predicted molar refractivity (Wildman–Crippen MR) is 107 cm³/mol. The quantitative estimate of drug-likeness (QED) is 0.190. The standard InChI is InChI=1S/C21H32O11/c22-9-12-14(24)16(26)17(27)21(31-12)32-19-15(25)13(10-23)30-20(18(19)28)29-8-4-7-11-5-2-1-3-6-11/h1-3,5-6,12-28H,4,7-10H2/t12-,13-,14-,15-,16+,17-,18-,19+,20-,21+/m1/s1. The van der Waals surface area contributed by atoms with E-state index in [-0.39, 0.29) is 6.61 Å². The van der Waals surface area contributed by atoms with Gasteiger partial charge in [0.05, 0.1) is 19.8 Å². The molecule has 0 saturated carbocycles. The highest BCUT2D eigenvalue weighted by Gasteiger charge is 2.50. The number of ether oxygens (including phenoxy) is 4. The zero-order chi connectivity index (χ0) is 23.3. The number of aliphatic hydroxyl groups excluding tert-OH is 7. The highest BCUT2D eigenvalue weighted by Crippen LogP contribution is 2.29. The van der Waals surface area contributed by atoms with E-state index in [4.69, 9.17) is 18.9 Å². The molecule has 2 fully saturated rings. The van der Waals surface area contributed by atoms with Crippen molar-refractivity contribution in [2.75, 3.05) is 19.8 Å². The lowest BCUT2D eigenvalue weighted by Gasteiger charge is -2.45. The fourth-order valence-electron chi connectivity index (χ4n) is 3.81. The lowest BCUT2D eigenvalue weighted by atomic mass is 9.97. The second kappa shape index (κ2) is 11.8. The smallest absolute Gasteiger partial charge is 0.187 e. The van der Waals surface area contributed by atoms with Crippen LogP contribution in [0.1, 0.15) is 12.0 Å². The maximum Gasteiger partial charge on any atom is 0.187 e. The monoisotopic (exact) mass is 460 g/mol. The van der Waals surface area contributed by atoms with Gasteiger partial charge in [-0.25, -0.2) is 0 Å². The summed E-state index contributed by atoms with van der Waals surface area (Å²) in [7, 11) is 0. The fraction of sp³-hybridized carbons (Fsp3) is 0.714. The van der Waals surface area contributed by atoms with Gasteiger partial charge < -0.3 is 54.7 Å². The highest BCUT2D eigenvalue weighted by atomic mass is 16.7. The molecule has 0 radical (unpaired) electrons. The maximum absolute atomic E-state index is 10.7. The maximum atomic E-state index is 10.7. The first-order valence-corrected chi connectivity index (χ1v) is 10.6. The summed E-state index contributed by atoms with van der Waals surface area (Å²) in [6.45, 7) is -1.03. The van der Waals surface area contributed by atoms with Gasteiger partial charge in [-0.05, 0) is 18.4 Å². The van der Waals surface area contributed by atoms with Gasteiger partial charge in [0.25, 0.3) is 0 Å². The SMILES string of the molecule is OC[C@H]1O[C@@H](O[C@@H]2[C@@H](O)[C@H](OCCCc3ccccc3)O[C@H](CO)[C@H]2O)[C@H](O)[C@@H](O)[C@@H]1O. The Balaban J connectivity index is 1.61. The average Bonchev–Trinajstić information content (AvgIpc) is 2.81. The molecular weight excluding hydrogens is 428 g/mol. The normalized spacial score (nSPS) is 40.3. The van der Waals surface area contributed by atoms with E-state index in [9.17, 15) is 35.7 Å². The van der Waals surface area contributed by atoms with Gasteiger partial charge in [0.2, 0.25) is 0 Å². The van der Waals surface area contributed by atoms with Crippen molar-refractivity contribution in [3.8, 4) is 0 Å². The van der Waals surface area contributed by atoms with Gasteiger partial charge in [-0.2, -0.15) is 0 Å². The molecule has 7 N–H and O–H groups in total. The van der Waals surface area contributed by atoms with Crippen LogP contribution in [0, 0.1) is 0 Å². The Labute approximate surface area is 185 Å². The van der Waals surface area contributed by atoms with E-state index >= 15 is 0 Å². The molecule has 0 bridgehead atoms. The summed E-state index contributed by atoms with van der Waals surface area (Å²) in [5.74, 6) is 0. The van der Waals surface area contributed by atoms with Crippen LogP contribution >= 0.6 is 0 Å². The molecule has 0 amide bonds. The lowest BCUT2D eigenvalue weighted by Crippen LogP contribution is -2.64. The Morgan fingerprint density at radius 2 is 1.34 bits per heavy atom. The third kappa shape index (κ3) is 5.82. The van der Waals surface area contributed by atoms with Crippen molar-refractivity contribution in [1.82, 2.24) is 0 Å². The Morgan fingerprint density at radius 1 is 0.719 bits per heavy atom. The van der Waals surface area contributed by atoms with Crippen LogP contribution in [-0.4, -0.2) is 117 Å². The molecule has 2 aliphatic heterocycles. The first kappa shape index (κ1) is 25.4. The van der Waals surface area contributed by atoms with E-state index < -0.39 is 74.6 Å². The van der Waals surface area contributed by atoms with E-state index in [0.29, 0.717) is 6.42 Å². The van der Waals surface area contributed by atoms with Gasteiger partial charge in [-0.1, -0.05) is 30.3 Å². The van der Waals surface area contributed by atoms with E-state index in [1.165, 1.54) is 0 Å². The van der Waals surface area contributed by atoms with Crippen LogP contribution in [0.15, 0.2) is 30.3 Å². The van der Waals surface area contributed by atoms with Crippen molar-refractivity contribution < 1.29 is 54.7 Å². The molecule has 182 valence electrons. The molecule has 2 saturated heterocycles. The van der Waals surface area contributed by atoms with Crippen LogP contribution in [0.5, 0.6) is 0 Å². The number of aryl methyl sites for hydroxylation is 1. The van der Waals surface area contributed by atoms with Gasteiger partial charge in [0.15, 0.2) is 12.6 Å². The van der Waals surface area contributed by atoms with Crippen LogP contribution in [0.2, 0.25) is 0 Å². The number of rotatable bonds is 9. The van der Waals surface area contributed by atoms with Crippen LogP contribution < -0.4 is 0 Å². The Morgan fingerprint density at radius 3 is 2.00 bits per heavy atom. The summed E-state index contributed by atoms with van der Waals surface area (Å²) < 4.78 is 21.9. The van der Waals surface area contributed by atoms with Crippen molar-refractivity contribution in [3.05, 3.63) is 35.9 Å². The molecule has 11 nitrogen and oxygen atoms in total. The largest absolute Gasteiger partial charge is 0.394 e. The Hall–Kier alpha value is -1.22. The van der Waals surface area contributed by atoms with E-state index in [0.717, 1.165) is 12.0 Å². The average molecular weight is 460 g/mol. The molecule has 0 spiro atoms. The van der Waals surface area contributed by atoms with Crippen molar-refractivity contribution in [1.29, 1.82) is 0 Å². The molecule has 0 aliphatic carbocycles. The minimum Gasteiger partial charge on any atom is -0.394 e. The van der Waals surface area contributed by atoms with Crippen LogP contribution in [0.3, 0.4) is 0 Å². The third-order valence-corrected chi connectivity index (χ3v) is 5.70. The van der Waals surface area contributed by atoms with Crippen molar-refractivity contribution >= 4 is 0 Å². The highest BCUT2D eigenvalue weighted by molar-refractivity contribution is 5.14. The zero-order valence-corrected chi connectivity index (χ0v) is 17.5. The summed E-state index contributed by atoms with van der Waals surface area (Å²) >= 11 is 0. The van der Waals surface area contributed by atoms with Gasteiger partial charge in [0.1, 0.15) is 48.8 Å². The summed E-state index contributed by atoms with van der Waals surface area (Å²) in [6, 6.07) is 9.74. The Bertz CT molecular complexity index is 675. The molecule has 2 aliphatic rings. The van der Waals surface area contributed by atoms with Gasteiger partial charge in [-0.3, -0.25) is 0 Å². The van der Waals surface area contributed by atoms with Crippen LogP contribution in [0.25, 0.3) is 0 Å². The topological polar surface area (TPSA) is 179 Å². The summed E-state index contributed by atoms with van der Waals surface area (Å²) in [5.41, 5.74) is 1.12. The molecular formula is C21H32O11. The molecule has 1 aromatic rings. The van der Waals surface area contributed by atoms with E-state index in [1.807, 2.05) is 30.3 Å².